The largest absolute Gasteiger partial charge is 0.445 e. The average molecular weight is 375 g/mol. The molecule has 2 aromatic carbocycles. The van der Waals surface area contributed by atoms with Crippen LogP contribution in [0, 0.1) is 0 Å². The molecule has 4 nitrogen and oxygen atoms in total. The Balaban J connectivity index is 1.50. The minimum absolute atomic E-state index is 0.0421. The molecule has 1 fully saturated rings. The Bertz CT molecular complexity index is 948. The second-order valence-electron chi connectivity index (χ2n) is 8.50. The summed E-state index contributed by atoms with van der Waals surface area (Å²) in [6.07, 6.45) is 5.62. The number of rotatable bonds is 3. The first kappa shape index (κ1) is 17.5. The van der Waals surface area contributed by atoms with Gasteiger partial charge >= 0.3 is 5.97 Å². The predicted molar refractivity (Wildman–Crippen MR) is 106 cm³/mol. The van der Waals surface area contributed by atoms with Crippen molar-refractivity contribution in [2.24, 2.45) is 0 Å². The molecular formula is C24H25NO3. The fourth-order valence-electron chi connectivity index (χ4n) is 4.86. The van der Waals surface area contributed by atoms with E-state index < -0.39 is 11.6 Å². The summed E-state index contributed by atoms with van der Waals surface area (Å²) in [6.45, 7) is 1.79. The molecule has 2 aromatic rings. The molecule has 0 spiro atoms. The van der Waals surface area contributed by atoms with Gasteiger partial charge in [0.2, 0.25) is 0 Å². The summed E-state index contributed by atoms with van der Waals surface area (Å²) >= 11 is 0. The lowest BCUT2D eigenvalue weighted by Crippen LogP contribution is -2.55. The number of hydrogen-bond acceptors (Lipinski definition) is 3. The van der Waals surface area contributed by atoms with Gasteiger partial charge in [0.25, 0.3) is 5.91 Å². The van der Waals surface area contributed by atoms with E-state index in [1.807, 2.05) is 18.2 Å². The van der Waals surface area contributed by atoms with Crippen molar-refractivity contribution in [3.63, 3.8) is 0 Å². The highest BCUT2D eigenvalue weighted by molar-refractivity contribution is 5.97. The van der Waals surface area contributed by atoms with Crippen molar-refractivity contribution < 1.29 is 14.3 Å². The zero-order valence-electron chi connectivity index (χ0n) is 16.2. The van der Waals surface area contributed by atoms with Crippen LogP contribution in [0.2, 0.25) is 0 Å². The highest BCUT2D eigenvalue weighted by Crippen LogP contribution is 2.43. The molecule has 2 aliphatic carbocycles. The quantitative estimate of drug-likeness (QED) is 0.755. The van der Waals surface area contributed by atoms with Crippen LogP contribution in [-0.2, 0) is 22.4 Å². The van der Waals surface area contributed by atoms with Crippen molar-refractivity contribution >= 4 is 11.9 Å². The Morgan fingerprint density at radius 3 is 2.54 bits per heavy atom. The van der Waals surface area contributed by atoms with Gasteiger partial charge in [0, 0.05) is 12.5 Å². The Morgan fingerprint density at radius 1 is 1.04 bits per heavy atom. The van der Waals surface area contributed by atoms with E-state index in [2.05, 4.69) is 29.2 Å². The van der Waals surface area contributed by atoms with Crippen molar-refractivity contribution in [3.05, 3.63) is 70.8 Å². The molecule has 4 heteroatoms. The van der Waals surface area contributed by atoms with Gasteiger partial charge in [-0.15, -0.1) is 0 Å². The Kier molecular flexibility index (Phi) is 4.04. The minimum atomic E-state index is -1.14. The monoisotopic (exact) mass is 375 g/mol. The van der Waals surface area contributed by atoms with E-state index >= 15 is 0 Å². The highest BCUT2D eigenvalue weighted by Gasteiger charge is 2.50. The van der Waals surface area contributed by atoms with Crippen molar-refractivity contribution in [3.8, 4) is 0 Å². The van der Waals surface area contributed by atoms with Crippen molar-refractivity contribution in [2.45, 2.75) is 63.1 Å². The zero-order chi connectivity index (χ0) is 19.3. The van der Waals surface area contributed by atoms with Gasteiger partial charge in [-0.25, -0.2) is 4.79 Å². The van der Waals surface area contributed by atoms with Gasteiger partial charge < -0.3 is 9.64 Å². The van der Waals surface area contributed by atoms with E-state index in [1.54, 1.807) is 13.0 Å². The van der Waals surface area contributed by atoms with E-state index in [9.17, 15) is 9.59 Å². The fourth-order valence-corrected chi connectivity index (χ4v) is 4.86. The molecule has 2 atom stereocenters. The van der Waals surface area contributed by atoms with Crippen LogP contribution in [0.3, 0.4) is 0 Å². The zero-order valence-corrected chi connectivity index (χ0v) is 16.2. The summed E-state index contributed by atoms with van der Waals surface area (Å²) < 4.78 is 5.77. The van der Waals surface area contributed by atoms with E-state index in [4.69, 9.17) is 4.74 Å². The van der Waals surface area contributed by atoms with Gasteiger partial charge in [-0.05, 0) is 61.8 Å². The van der Waals surface area contributed by atoms with E-state index in [-0.39, 0.29) is 18.0 Å². The van der Waals surface area contributed by atoms with Crippen molar-refractivity contribution in [1.82, 2.24) is 4.90 Å². The van der Waals surface area contributed by atoms with E-state index in [0.717, 1.165) is 37.7 Å². The first-order valence-corrected chi connectivity index (χ1v) is 10.3. The van der Waals surface area contributed by atoms with E-state index in [1.165, 1.54) is 11.1 Å². The molecular weight excluding hydrogens is 350 g/mol. The van der Waals surface area contributed by atoms with Gasteiger partial charge in [0.05, 0.1) is 11.6 Å². The lowest BCUT2D eigenvalue weighted by atomic mass is 9.84. The van der Waals surface area contributed by atoms with Gasteiger partial charge in [-0.2, -0.15) is 0 Å². The number of benzene rings is 2. The average Bonchev–Trinajstić information content (AvgIpc) is 3.53. The molecule has 2 unspecified atom stereocenters. The lowest BCUT2D eigenvalue weighted by Gasteiger charge is -2.42. The van der Waals surface area contributed by atoms with Crippen LogP contribution >= 0.6 is 0 Å². The van der Waals surface area contributed by atoms with Crippen LogP contribution < -0.4 is 0 Å². The maximum atomic E-state index is 13.8. The molecule has 28 heavy (non-hydrogen) atoms. The van der Waals surface area contributed by atoms with Gasteiger partial charge in [-0.3, -0.25) is 4.79 Å². The first-order valence-electron chi connectivity index (χ1n) is 10.3. The second kappa shape index (κ2) is 6.47. The molecule has 1 aliphatic heterocycles. The molecule has 3 aliphatic rings. The maximum absolute atomic E-state index is 13.8. The summed E-state index contributed by atoms with van der Waals surface area (Å²) in [6, 6.07) is 16.3. The molecule has 144 valence electrons. The molecule has 0 radical (unpaired) electrons. The van der Waals surface area contributed by atoms with Crippen LogP contribution in [0.25, 0.3) is 0 Å². The molecule has 5 rings (SSSR count). The Labute approximate surface area is 165 Å². The number of aryl methyl sites for hydroxylation is 1. The molecule has 1 amide bonds. The van der Waals surface area contributed by atoms with Crippen LogP contribution in [0.1, 0.15) is 65.7 Å². The van der Waals surface area contributed by atoms with Crippen LogP contribution in [0.5, 0.6) is 0 Å². The standard InChI is InChI=1S/C24H25NO3/c1-24(15-17-8-3-5-11-20(17)22(26)28-24)23(27)25(18-13-14-18)21-12-6-9-16-7-2-4-10-19(16)21/h2-5,7-8,10-11,18,21H,6,9,12-15H2,1H3. The van der Waals surface area contributed by atoms with Gasteiger partial charge in [-0.1, -0.05) is 42.5 Å². The topological polar surface area (TPSA) is 46.6 Å². The molecule has 1 heterocycles. The second-order valence-corrected chi connectivity index (χ2v) is 8.50. The van der Waals surface area contributed by atoms with Crippen LogP contribution in [0.15, 0.2) is 48.5 Å². The van der Waals surface area contributed by atoms with E-state index in [0.29, 0.717) is 12.0 Å². The number of amides is 1. The van der Waals surface area contributed by atoms with Gasteiger partial charge in [0.1, 0.15) is 0 Å². The Hall–Kier alpha value is -2.62. The van der Waals surface area contributed by atoms with Crippen LogP contribution in [0.4, 0.5) is 0 Å². The number of fused-ring (bicyclic) bond motifs is 2. The Morgan fingerprint density at radius 2 is 1.75 bits per heavy atom. The number of carbonyl (C=O) groups is 2. The lowest BCUT2D eigenvalue weighted by molar-refractivity contribution is -0.155. The molecule has 1 saturated carbocycles. The number of hydrogen-bond donors (Lipinski definition) is 0. The smallest absolute Gasteiger partial charge is 0.339 e. The maximum Gasteiger partial charge on any atom is 0.339 e. The molecule has 0 N–H and O–H groups in total. The number of nitrogens with zero attached hydrogens (tertiary/aromatic N) is 1. The van der Waals surface area contributed by atoms with Crippen LogP contribution in [-0.4, -0.2) is 28.4 Å². The molecule has 0 saturated heterocycles. The third-order valence-electron chi connectivity index (χ3n) is 6.38. The summed E-state index contributed by atoms with van der Waals surface area (Å²) in [4.78, 5) is 28.5. The summed E-state index contributed by atoms with van der Waals surface area (Å²) in [5.41, 5.74) is 2.94. The third kappa shape index (κ3) is 2.83. The number of cyclic esters (lactones) is 1. The molecule has 0 aromatic heterocycles. The number of esters is 1. The highest BCUT2D eigenvalue weighted by atomic mass is 16.6. The normalized spacial score (nSPS) is 26.0. The summed E-state index contributed by atoms with van der Waals surface area (Å²) in [5, 5.41) is 0. The molecule has 0 bridgehead atoms. The number of carbonyl (C=O) groups excluding carboxylic acids is 2. The summed E-state index contributed by atoms with van der Waals surface area (Å²) in [5.74, 6) is -0.433. The predicted octanol–water partition coefficient (Wildman–Crippen LogP) is 4.23. The third-order valence-corrected chi connectivity index (χ3v) is 6.38. The van der Waals surface area contributed by atoms with Crippen molar-refractivity contribution in [1.29, 1.82) is 0 Å². The SMILES string of the molecule is CC1(C(=O)N(C2CC2)C2CCCc3ccccc32)Cc2ccccc2C(=O)O1. The van der Waals surface area contributed by atoms with Crippen molar-refractivity contribution in [2.75, 3.05) is 0 Å². The van der Waals surface area contributed by atoms with Gasteiger partial charge in [0.15, 0.2) is 5.60 Å². The minimum Gasteiger partial charge on any atom is -0.445 e. The number of ether oxygens (including phenoxy) is 1. The fraction of sp³-hybridized carbons (Fsp3) is 0.417. The first-order chi connectivity index (χ1) is 13.6. The summed E-state index contributed by atoms with van der Waals surface area (Å²) in [7, 11) is 0.